The van der Waals surface area contributed by atoms with Gasteiger partial charge >= 0.3 is 5.97 Å². The van der Waals surface area contributed by atoms with Crippen molar-refractivity contribution in [3.8, 4) is 6.07 Å². The van der Waals surface area contributed by atoms with Gasteiger partial charge in [0.1, 0.15) is 6.07 Å². The number of hydrogen-bond acceptors (Lipinski definition) is 4. The Bertz CT molecular complexity index is 473. The van der Waals surface area contributed by atoms with Crippen molar-refractivity contribution in [3.63, 3.8) is 0 Å². The summed E-state index contributed by atoms with van der Waals surface area (Å²) in [6.07, 6.45) is 3.22. The lowest BCUT2D eigenvalue weighted by molar-refractivity contribution is 0.0693. The molecule has 0 bridgehead atoms. The summed E-state index contributed by atoms with van der Waals surface area (Å²) in [7, 11) is 0. The number of nitrogens with zero attached hydrogens (tertiary/aromatic N) is 2. The Kier molecular flexibility index (Phi) is 3.35. The third kappa shape index (κ3) is 2.43. The van der Waals surface area contributed by atoms with Crippen LogP contribution in [0.3, 0.4) is 0 Å². The zero-order valence-corrected chi connectivity index (χ0v) is 9.22. The van der Waals surface area contributed by atoms with Crippen LogP contribution < -0.4 is 0 Å². The zero-order chi connectivity index (χ0) is 12.3. The third-order valence-corrected chi connectivity index (χ3v) is 2.85. The van der Waals surface area contributed by atoms with Crippen molar-refractivity contribution in [2.75, 3.05) is 13.2 Å². The van der Waals surface area contributed by atoms with Gasteiger partial charge in [-0.15, -0.1) is 0 Å². The van der Waals surface area contributed by atoms with Gasteiger partial charge in [-0.1, -0.05) is 0 Å². The summed E-state index contributed by atoms with van der Waals surface area (Å²) in [5, 5.41) is 17.8. The van der Waals surface area contributed by atoms with Crippen molar-refractivity contribution in [3.05, 3.63) is 29.1 Å². The second-order valence-corrected chi connectivity index (χ2v) is 3.99. The highest BCUT2D eigenvalue weighted by Crippen LogP contribution is 2.25. The largest absolute Gasteiger partial charge is 0.478 e. The number of hydrogen-bond donors (Lipinski definition) is 1. The van der Waals surface area contributed by atoms with Crippen molar-refractivity contribution in [2.24, 2.45) is 0 Å². The molecule has 0 radical (unpaired) electrons. The number of ether oxygens (including phenoxy) is 1. The fourth-order valence-corrected chi connectivity index (χ4v) is 1.93. The molecule has 1 atom stereocenters. The maximum absolute atomic E-state index is 11.0. The topological polar surface area (TPSA) is 83.2 Å². The fraction of sp³-hybridized carbons (Fsp3) is 0.417. The van der Waals surface area contributed by atoms with Gasteiger partial charge in [0, 0.05) is 24.4 Å². The van der Waals surface area contributed by atoms with Crippen LogP contribution in [0.5, 0.6) is 0 Å². The van der Waals surface area contributed by atoms with Crippen LogP contribution in [0.25, 0.3) is 0 Å². The van der Waals surface area contributed by atoms with Crippen molar-refractivity contribution < 1.29 is 14.6 Å². The Morgan fingerprint density at radius 2 is 2.47 bits per heavy atom. The van der Waals surface area contributed by atoms with Crippen LogP contribution in [0, 0.1) is 11.3 Å². The second kappa shape index (κ2) is 4.93. The normalized spacial score (nSPS) is 19.6. The predicted octanol–water partition coefficient (Wildman–Crippen LogP) is 1.55. The van der Waals surface area contributed by atoms with E-state index in [1.807, 2.05) is 6.07 Å². The Balaban J connectivity index is 2.33. The van der Waals surface area contributed by atoms with E-state index in [4.69, 9.17) is 15.1 Å². The number of carboxylic acids is 1. The molecule has 2 rings (SSSR count). The number of nitriles is 1. The first-order valence-corrected chi connectivity index (χ1v) is 5.43. The van der Waals surface area contributed by atoms with E-state index in [0.717, 1.165) is 19.4 Å². The van der Waals surface area contributed by atoms with Gasteiger partial charge in [-0.2, -0.15) is 5.26 Å². The van der Waals surface area contributed by atoms with Crippen LogP contribution in [0.4, 0.5) is 0 Å². The Hall–Kier alpha value is -1.93. The molecular weight excluding hydrogens is 220 g/mol. The molecule has 1 fully saturated rings. The predicted molar refractivity (Wildman–Crippen MR) is 58.7 cm³/mol. The smallest absolute Gasteiger partial charge is 0.337 e. The van der Waals surface area contributed by atoms with Gasteiger partial charge in [-0.25, -0.2) is 4.79 Å². The van der Waals surface area contributed by atoms with Gasteiger partial charge in [0.2, 0.25) is 0 Å². The summed E-state index contributed by atoms with van der Waals surface area (Å²) in [6.45, 7) is 1.32. The number of pyridine rings is 1. The molecule has 1 saturated heterocycles. The van der Waals surface area contributed by atoms with Crippen LogP contribution in [-0.2, 0) is 4.74 Å². The van der Waals surface area contributed by atoms with Crippen LogP contribution in [0.1, 0.15) is 40.4 Å². The first-order chi connectivity index (χ1) is 8.22. The lowest BCUT2D eigenvalue weighted by Gasteiger charge is -2.21. The van der Waals surface area contributed by atoms with E-state index in [0.29, 0.717) is 12.3 Å². The average Bonchev–Trinajstić information content (AvgIpc) is 2.39. The summed E-state index contributed by atoms with van der Waals surface area (Å²) >= 11 is 0. The number of rotatable bonds is 2. The first kappa shape index (κ1) is 11.6. The molecule has 1 aromatic rings. The minimum absolute atomic E-state index is 0.0167. The second-order valence-electron chi connectivity index (χ2n) is 3.99. The first-order valence-electron chi connectivity index (χ1n) is 5.43. The Labute approximate surface area is 98.7 Å². The Morgan fingerprint density at radius 3 is 3.06 bits per heavy atom. The number of aromatic carboxylic acids is 1. The van der Waals surface area contributed by atoms with Crippen LogP contribution in [0.15, 0.2) is 12.3 Å². The highest BCUT2D eigenvalue weighted by molar-refractivity contribution is 5.90. The zero-order valence-electron chi connectivity index (χ0n) is 9.22. The van der Waals surface area contributed by atoms with Crippen LogP contribution in [-0.4, -0.2) is 29.3 Å². The molecular formula is C12H12N2O3. The molecule has 0 spiro atoms. The molecule has 0 aromatic carbocycles. The fourth-order valence-electron chi connectivity index (χ4n) is 1.93. The minimum atomic E-state index is -1.10. The highest BCUT2D eigenvalue weighted by atomic mass is 16.5. The molecule has 5 nitrogen and oxygen atoms in total. The van der Waals surface area contributed by atoms with E-state index in [1.165, 1.54) is 12.3 Å². The summed E-state index contributed by atoms with van der Waals surface area (Å²) in [4.78, 5) is 15.2. The van der Waals surface area contributed by atoms with Gasteiger partial charge in [0.15, 0.2) is 0 Å². The van der Waals surface area contributed by atoms with E-state index in [-0.39, 0.29) is 17.0 Å². The third-order valence-electron chi connectivity index (χ3n) is 2.85. The number of aromatic nitrogens is 1. The minimum Gasteiger partial charge on any atom is -0.478 e. The van der Waals surface area contributed by atoms with Crippen LogP contribution >= 0.6 is 0 Å². The van der Waals surface area contributed by atoms with E-state index in [9.17, 15) is 4.79 Å². The summed E-state index contributed by atoms with van der Waals surface area (Å²) in [6, 6.07) is 3.32. The van der Waals surface area contributed by atoms with Crippen molar-refractivity contribution in [1.29, 1.82) is 5.26 Å². The van der Waals surface area contributed by atoms with Gasteiger partial charge in [0.25, 0.3) is 0 Å². The molecule has 0 aliphatic carbocycles. The molecule has 1 unspecified atom stereocenters. The van der Waals surface area contributed by atoms with Gasteiger partial charge < -0.3 is 9.84 Å². The molecule has 2 heterocycles. The van der Waals surface area contributed by atoms with Crippen molar-refractivity contribution in [1.82, 2.24) is 4.98 Å². The molecule has 1 aliphatic rings. The maximum atomic E-state index is 11.0. The van der Waals surface area contributed by atoms with Gasteiger partial charge in [-0.3, -0.25) is 4.98 Å². The van der Waals surface area contributed by atoms with Gasteiger partial charge in [0.05, 0.1) is 17.7 Å². The standard InChI is InChI=1S/C12H12N2O3/c13-5-9-6-14-11(4-10(9)12(15)16)8-2-1-3-17-7-8/h4,6,8H,1-3,7H2,(H,15,16). The summed E-state index contributed by atoms with van der Waals surface area (Å²) in [5.41, 5.74) is 0.808. The molecule has 0 amide bonds. The highest BCUT2D eigenvalue weighted by Gasteiger charge is 2.20. The van der Waals surface area contributed by atoms with E-state index >= 15 is 0 Å². The van der Waals surface area contributed by atoms with E-state index < -0.39 is 5.97 Å². The summed E-state index contributed by atoms with van der Waals surface area (Å²) < 4.78 is 5.34. The van der Waals surface area contributed by atoms with Crippen molar-refractivity contribution in [2.45, 2.75) is 18.8 Å². The molecule has 1 aliphatic heterocycles. The lowest BCUT2D eigenvalue weighted by Crippen LogP contribution is -2.17. The quantitative estimate of drug-likeness (QED) is 0.836. The average molecular weight is 232 g/mol. The maximum Gasteiger partial charge on any atom is 0.337 e. The van der Waals surface area contributed by atoms with Crippen LogP contribution in [0.2, 0.25) is 0 Å². The summed E-state index contributed by atoms with van der Waals surface area (Å²) in [5.74, 6) is -0.962. The SMILES string of the molecule is N#Cc1cnc(C2CCCOC2)cc1C(=O)O. The molecule has 0 saturated carbocycles. The van der Waals surface area contributed by atoms with E-state index in [1.54, 1.807) is 0 Å². The van der Waals surface area contributed by atoms with Crippen molar-refractivity contribution >= 4 is 5.97 Å². The molecule has 88 valence electrons. The Morgan fingerprint density at radius 1 is 1.65 bits per heavy atom. The monoisotopic (exact) mass is 232 g/mol. The molecule has 1 aromatic heterocycles. The van der Waals surface area contributed by atoms with Gasteiger partial charge in [-0.05, 0) is 18.9 Å². The number of carbonyl (C=O) groups is 1. The lowest BCUT2D eigenvalue weighted by atomic mass is 9.96. The number of carboxylic acid groups (broad SMARTS) is 1. The van der Waals surface area contributed by atoms with E-state index in [2.05, 4.69) is 4.98 Å². The molecule has 1 N–H and O–H groups in total. The molecule has 5 heteroatoms. The molecule has 17 heavy (non-hydrogen) atoms.